The Labute approximate surface area is 440 Å². The predicted molar refractivity (Wildman–Crippen MR) is 315 cm³/mol. The van der Waals surface area contributed by atoms with Gasteiger partial charge in [-0.25, -0.2) is 14.8 Å². The molecule has 0 aliphatic carbocycles. The highest BCUT2D eigenvalue weighted by Crippen LogP contribution is 2.50. The van der Waals surface area contributed by atoms with Gasteiger partial charge in [-0.1, -0.05) is 180 Å². The van der Waals surface area contributed by atoms with Crippen LogP contribution in [-0.2, 0) is 21.7 Å². The molecule has 0 bridgehead atoms. The SMILES string of the molecule is [C-]#[N+]c1c(-n2c3ccc(C(C)(C)C)cc3c3cc(C(C)(C)C)ccc32)cc2oc3c(-c4nc(-c5ccccc5)cc(-c5ccccc5)n4)cccc3c2c1-n1c2ccc(C(C)(C)C)cc2c2cc(C(C)(C)C)ccc21. The lowest BCUT2D eigenvalue weighted by Crippen LogP contribution is -2.10. The van der Waals surface area contributed by atoms with E-state index in [2.05, 4.69) is 224 Å². The summed E-state index contributed by atoms with van der Waals surface area (Å²) in [6.45, 7) is 36.8. The summed E-state index contributed by atoms with van der Waals surface area (Å²) in [7, 11) is 0. The third-order valence-electron chi connectivity index (χ3n) is 15.4. The molecule has 4 aromatic heterocycles. The number of aromatic nitrogens is 4. The minimum absolute atomic E-state index is 0.0770. The van der Waals surface area contributed by atoms with Crippen molar-refractivity contribution in [3.05, 3.63) is 197 Å². The maximum Gasteiger partial charge on any atom is 0.234 e. The van der Waals surface area contributed by atoms with Gasteiger partial charge in [0.15, 0.2) is 5.82 Å². The van der Waals surface area contributed by atoms with Gasteiger partial charge in [0.1, 0.15) is 11.2 Å². The molecule has 6 nitrogen and oxygen atoms in total. The Bertz CT molecular complexity index is 4120. The molecule has 8 aromatic carbocycles. The largest absolute Gasteiger partial charge is 0.455 e. The summed E-state index contributed by atoms with van der Waals surface area (Å²) in [6, 6.07) is 58.6. The zero-order chi connectivity index (χ0) is 52.5. The predicted octanol–water partition coefficient (Wildman–Crippen LogP) is 19.3. The van der Waals surface area contributed by atoms with Gasteiger partial charge >= 0.3 is 0 Å². The fourth-order valence-electron chi connectivity index (χ4n) is 11.1. The van der Waals surface area contributed by atoms with Crippen molar-refractivity contribution < 1.29 is 4.42 Å². The molecule has 12 aromatic rings. The Morgan fingerprint density at radius 2 is 0.840 bits per heavy atom. The standard InChI is InChI=1S/C69H63N5O/c1-66(2,3)43-27-31-55-49(35-43)50-36-44(67(4,5)6)28-32-56(50)73(55)59-40-60-61(63(62(59)70-13)74-57-33-29-45(68(7,8)9)37-51(57)52-38-46(69(10,11)12)30-34-58(52)74)47-25-20-26-48(64(47)75-60)65-71-53(41-21-16-14-17-22-41)39-54(72-65)42-23-18-15-19-24-42/h14-40H,1-12H3. The second kappa shape index (κ2) is 16.9. The molecule has 0 amide bonds. The first-order valence-corrected chi connectivity index (χ1v) is 26.3. The lowest BCUT2D eigenvalue weighted by Gasteiger charge is -2.20. The van der Waals surface area contributed by atoms with Crippen LogP contribution in [0.2, 0.25) is 0 Å². The maximum absolute atomic E-state index is 9.50. The first-order valence-electron chi connectivity index (χ1n) is 26.3. The zero-order valence-corrected chi connectivity index (χ0v) is 45.2. The smallest absolute Gasteiger partial charge is 0.234 e. The fourth-order valence-corrected chi connectivity index (χ4v) is 11.1. The molecule has 0 saturated heterocycles. The first kappa shape index (κ1) is 47.7. The molecule has 12 rings (SSSR count). The van der Waals surface area contributed by atoms with E-state index in [1.54, 1.807) is 0 Å². The van der Waals surface area contributed by atoms with Crippen molar-refractivity contribution in [2.24, 2.45) is 0 Å². The number of hydrogen-bond donors (Lipinski definition) is 0. The van der Waals surface area contributed by atoms with Crippen LogP contribution in [0, 0.1) is 6.57 Å². The van der Waals surface area contributed by atoms with Crippen LogP contribution in [0.3, 0.4) is 0 Å². The molecule has 75 heavy (non-hydrogen) atoms. The van der Waals surface area contributed by atoms with Crippen LogP contribution in [0.15, 0.2) is 168 Å². The molecule has 0 aliphatic rings. The average Bonchev–Trinajstić information content (AvgIpc) is 4.04. The lowest BCUT2D eigenvalue weighted by molar-refractivity contribution is 0.590. The number of benzene rings is 8. The van der Waals surface area contributed by atoms with Crippen molar-refractivity contribution in [2.75, 3.05) is 0 Å². The third-order valence-corrected chi connectivity index (χ3v) is 15.4. The second-order valence-electron chi connectivity index (χ2n) is 24.7. The number of furan rings is 1. The number of rotatable bonds is 5. The Hall–Kier alpha value is -8.27. The van der Waals surface area contributed by atoms with E-state index in [1.165, 1.54) is 22.3 Å². The quantitative estimate of drug-likeness (QED) is 0.162. The van der Waals surface area contributed by atoms with Crippen LogP contribution < -0.4 is 0 Å². The average molecular weight is 978 g/mol. The van der Waals surface area contributed by atoms with Gasteiger partial charge in [0, 0.05) is 43.4 Å². The molecule has 6 heteroatoms. The summed E-state index contributed by atoms with van der Waals surface area (Å²) < 4.78 is 12.1. The summed E-state index contributed by atoms with van der Waals surface area (Å²) in [5, 5.41) is 6.33. The normalized spacial score (nSPS) is 12.8. The van der Waals surface area contributed by atoms with Crippen LogP contribution >= 0.6 is 0 Å². The van der Waals surface area contributed by atoms with Crippen molar-refractivity contribution in [2.45, 2.75) is 105 Å². The summed E-state index contributed by atoms with van der Waals surface area (Å²) in [4.78, 5) is 15.3. The molecular weight excluding hydrogens is 915 g/mol. The highest BCUT2D eigenvalue weighted by molar-refractivity contribution is 6.20. The van der Waals surface area contributed by atoms with Crippen molar-refractivity contribution in [3.8, 4) is 45.3 Å². The van der Waals surface area contributed by atoms with Crippen LogP contribution in [0.4, 0.5) is 5.69 Å². The van der Waals surface area contributed by atoms with Gasteiger partial charge < -0.3 is 13.6 Å². The van der Waals surface area contributed by atoms with Crippen LogP contribution in [0.25, 0.3) is 116 Å². The Kier molecular flexibility index (Phi) is 10.7. The molecule has 0 unspecified atom stereocenters. The molecule has 370 valence electrons. The van der Waals surface area contributed by atoms with E-state index in [1.807, 2.05) is 36.4 Å². The van der Waals surface area contributed by atoms with Gasteiger partial charge in [-0.3, -0.25) is 0 Å². The Balaban J connectivity index is 1.25. The van der Waals surface area contributed by atoms with Gasteiger partial charge in [-0.05, 0) is 111 Å². The summed E-state index contributed by atoms with van der Waals surface area (Å²) in [5.41, 5.74) is 16.5. The lowest BCUT2D eigenvalue weighted by atomic mass is 9.85. The van der Waals surface area contributed by atoms with Gasteiger partial charge in [-0.15, -0.1) is 0 Å². The summed E-state index contributed by atoms with van der Waals surface area (Å²) in [5.74, 6) is 0.556. The topological polar surface area (TPSA) is 53.1 Å². The van der Waals surface area contributed by atoms with E-state index >= 15 is 0 Å². The minimum Gasteiger partial charge on any atom is -0.455 e. The molecule has 0 fully saturated rings. The first-order chi connectivity index (χ1) is 35.7. The van der Waals surface area contributed by atoms with Gasteiger partial charge in [-0.2, -0.15) is 0 Å². The van der Waals surface area contributed by atoms with Gasteiger partial charge in [0.05, 0.1) is 57.0 Å². The van der Waals surface area contributed by atoms with Crippen LogP contribution in [0.5, 0.6) is 0 Å². The highest BCUT2D eigenvalue weighted by atomic mass is 16.3. The molecule has 0 spiro atoms. The van der Waals surface area contributed by atoms with E-state index in [9.17, 15) is 6.57 Å². The second-order valence-corrected chi connectivity index (χ2v) is 24.7. The van der Waals surface area contributed by atoms with E-state index in [0.717, 1.165) is 93.8 Å². The molecule has 4 heterocycles. The minimum atomic E-state index is -0.0905. The number of fused-ring (bicyclic) bond motifs is 9. The highest BCUT2D eigenvalue weighted by Gasteiger charge is 2.30. The molecule has 0 N–H and O–H groups in total. The van der Waals surface area contributed by atoms with Crippen LogP contribution in [-0.4, -0.2) is 19.1 Å². The Morgan fingerprint density at radius 1 is 0.427 bits per heavy atom. The van der Waals surface area contributed by atoms with Crippen molar-refractivity contribution in [3.63, 3.8) is 0 Å². The van der Waals surface area contributed by atoms with E-state index in [-0.39, 0.29) is 21.7 Å². The monoisotopic (exact) mass is 978 g/mol. The van der Waals surface area contributed by atoms with E-state index in [4.69, 9.17) is 14.4 Å². The van der Waals surface area contributed by atoms with E-state index < -0.39 is 0 Å². The van der Waals surface area contributed by atoms with Crippen LogP contribution in [0.1, 0.15) is 105 Å². The Morgan fingerprint density at radius 3 is 1.24 bits per heavy atom. The number of para-hydroxylation sites is 1. The van der Waals surface area contributed by atoms with Crippen molar-refractivity contribution >= 4 is 71.2 Å². The molecular formula is C69H63N5O. The maximum atomic E-state index is 9.50. The molecule has 0 aliphatic heterocycles. The molecule has 0 atom stereocenters. The molecule has 0 radical (unpaired) electrons. The third kappa shape index (κ3) is 7.91. The molecule has 0 saturated carbocycles. The summed E-state index contributed by atoms with van der Waals surface area (Å²) >= 11 is 0. The summed E-state index contributed by atoms with van der Waals surface area (Å²) in [6.07, 6.45) is 0. The number of nitrogens with zero attached hydrogens (tertiary/aromatic N) is 5. The van der Waals surface area contributed by atoms with E-state index in [0.29, 0.717) is 22.7 Å². The van der Waals surface area contributed by atoms with Gasteiger partial charge in [0.25, 0.3) is 0 Å². The van der Waals surface area contributed by atoms with Crippen molar-refractivity contribution in [1.29, 1.82) is 0 Å². The number of hydrogen-bond acceptors (Lipinski definition) is 3. The van der Waals surface area contributed by atoms with Crippen molar-refractivity contribution in [1.82, 2.24) is 19.1 Å². The fraction of sp³-hybridized carbons (Fsp3) is 0.232. The zero-order valence-electron chi connectivity index (χ0n) is 45.2. The van der Waals surface area contributed by atoms with Gasteiger partial charge in [0.2, 0.25) is 5.69 Å².